The third-order valence-electron chi connectivity index (χ3n) is 3.13. The highest BCUT2D eigenvalue weighted by Gasteiger charge is 1.96. The van der Waals surface area contributed by atoms with E-state index in [4.69, 9.17) is 0 Å². The first-order valence-electron chi connectivity index (χ1n) is 6.24. The molecule has 0 aliphatic carbocycles. The Balaban J connectivity index is 2.02. The summed E-state index contributed by atoms with van der Waals surface area (Å²) in [7, 11) is 0. The topological polar surface area (TPSA) is 0 Å². The van der Waals surface area contributed by atoms with Gasteiger partial charge >= 0.3 is 0 Å². The highest BCUT2D eigenvalue weighted by molar-refractivity contribution is 9.10. The monoisotopic (exact) mass is 308 g/mol. The van der Waals surface area contributed by atoms with Crippen LogP contribution in [0, 0.1) is 0 Å². The molecule has 19 heavy (non-hydrogen) atoms. The van der Waals surface area contributed by atoms with Gasteiger partial charge < -0.3 is 0 Å². The van der Waals surface area contributed by atoms with E-state index in [0.717, 1.165) is 4.47 Å². The predicted octanol–water partition coefficient (Wildman–Crippen LogP) is 5.77. The van der Waals surface area contributed by atoms with E-state index in [9.17, 15) is 0 Å². The van der Waals surface area contributed by atoms with E-state index < -0.39 is 0 Å². The Hall–Kier alpha value is -1.86. The van der Waals surface area contributed by atoms with Crippen LogP contribution in [0.4, 0.5) is 0 Å². The van der Waals surface area contributed by atoms with Crippen LogP contribution >= 0.6 is 15.9 Å². The smallest absolute Gasteiger partial charge is 0.0181 e. The molecule has 0 bridgehead atoms. The SMILES string of the molecule is Brc1cccc(/C=C/c2cccc3ccccc23)c1. The Kier molecular flexibility index (Phi) is 3.47. The van der Waals surface area contributed by atoms with Crippen molar-refractivity contribution in [1.82, 2.24) is 0 Å². The maximum atomic E-state index is 3.49. The second-order valence-corrected chi connectivity index (χ2v) is 5.37. The maximum Gasteiger partial charge on any atom is 0.0181 e. The van der Waals surface area contributed by atoms with E-state index in [1.165, 1.54) is 21.9 Å². The lowest BCUT2D eigenvalue weighted by Crippen LogP contribution is -1.77. The number of fused-ring (bicyclic) bond motifs is 1. The third-order valence-corrected chi connectivity index (χ3v) is 3.62. The van der Waals surface area contributed by atoms with Crippen molar-refractivity contribution >= 4 is 38.9 Å². The Morgan fingerprint density at radius 2 is 1.53 bits per heavy atom. The van der Waals surface area contributed by atoms with Crippen molar-refractivity contribution in [3.8, 4) is 0 Å². The van der Waals surface area contributed by atoms with Gasteiger partial charge in [0.25, 0.3) is 0 Å². The fourth-order valence-corrected chi connectivity index (χ4v) is 2.61. The summed E-state index contributed by atoms with van der Waals surface area (Å²) in [6.45, 7) is 0. The summed E-state index contributed by atoms with van der Waals surface area (Å²) < 4.78 is 1.10. The van der Waals surface area contributed by atoms with Crippen molar-refractivity contribution < 1.29 is 0 Å². The van der Waals surface area contributed by atoms with Gasteiger partial charge in [0, 0.05) is 4.47 Å². The van der Waals surface area contributed by atoms with Gasteiger partial charge in [-0.05, 0) is 34.0 Å². The molecule has 0 aliphatic rings. The van der Waals surface area contributed by atoms with Gasteiger partial charge in [-0.3, -0.25) is 0 Å². The van der Waals surface area contributed by atoms with E-state index in [1.807, 2.05) is 12.1 Å². The van der Waals surface area contributed by atoms with Gasteiger partial charge in [0.05, 0.1) is 0 Å². The fraction of sp³-hybridized carbons (Fsp3) is 0. The first kappa shape index (κ1) is 12.2. The third kappa shape index (κ3) is 2.77. The van der Waals surface area contributed by atoms with Gasteiger partial charge in [-0.2, -0.15) is 0 Å². The molecule has 0 unspecified atom stereocenters. The standard InChI is InChI=1S/C18H13Br/c19-17-9-3-5-14(13-17)11-12-16-8-4-7-15-6-1-2-10-18(15)16/h1-13H/b12-11+. The van der Waals surface area contributed by atoms with Gasteiger partial charge in [-0.25, -0.2) is 0 Å². The number of rotatable bonds is 2. The number of benzene rings is 3. The molecule has 0 atom stereocenters. The molecule has 0 amide bonds. The Bertz CT molecular complexity index is 736. The minimum absolute atomic E-state index is 1.10. The average Bonchev–Trinajstić information content (AvgIpc) is 2.45. The molecule has 0 nitrogen and oxygen atoms in total. The molecule has 3 rings (SSSR count). The molecule has 1 heteroatoms. The Labute approximate surface area is 121 Å². The first-order chi connectivity index (χ1) is 9.33. The molecular weight excluding hydrogens is 296 g/mol. The molecule has 0 aliphatic heterocycles. The molecule has 0 fully saturated rings. The van der Waals surface area contributed by atoms with Crippen LogP contribution in [0.25, 0.3) is 22.9 Å². The Morgan fingerprint density at radius 1 is 0.737 bits per heavy atom. The lowest BCUT2D eigenvalue weighted by atomic mass is 10.0. The van der Waals surface area contributed by atoms with Crippen molar-refractivity contribution in [3.63, 3.8) is 0 Å². The van der Waals surface area contributed by atoms with Crippen LogP contribution in [0.1, 0.15) is 11.1 Å². The zero-order valence-electron chi connectivity index (χ0n) is 10.4. The lowest BCUT2D eigenvalue weighted by Gasteiger charge is -2.01. The normalized spacial score (nSPS) is 11.2. The maximum absolute atomic E-state index is 3.49. The van der Waals surface area contributed by atoms with Crippen LogP contribution in [0.3, 0.4) is 0 Å². The number of hydrogen-bond donors (Lipinski definition) is 0. The minimum atomic E-state index is 1.10. The lowest BCUT2D eigenvalue weighted by molar-refractivity contribution is 1.61. The predicted molar refractivity (Wildman–Crippen MR) is 87.0 cm³/mol. The van der Waals surface area contributed by atoms with Crippen LogP contribution in [0.15, 0.2) is 71.2 Å². The van der Waals surface area contributed by atoms with Crippen LogP contribution in [-0.2, 0) is 0 Å². The van der Waals surface area contributed by atoms with Gasteiger partial charge in [-0.15, -0.1) is 0 Å². The van der Waals surface area contributed by atoms with Gasteiger partial charge in [0.15, 0.2) is 0 Å². The highest BCUT2D eigenvalue weighted by Crippen LogP contribution is 2.21. The average molecular weight is 309 g/mol. The molecule has 92 valence electrons. The molecule has 0 radical (unpaired) electrons. The second kappa shape index (κ2) is 5.41. The molecule has 0 aromatic heterocycles. The van der Waals surface area contributed by atoms with Crippen molar-refractivity contribution in [1.29, 1.82) is 0 Å². The second-order valence-electron chi connectivity index (χ2n) is 4.46. The molecule has 0 saturated carbocycles. The molecule has 3 aromatic rings. The summed E-state index contributed by atoms with van der Waals surface area (Å²) in [6, 6.07) is 23.2. The molecular formula is C18H13Br. The summed E-state index contributed by atoms with van der Waals surface area (Å²) in [4.78, 5) is 0. The largest absolute Gasteiger partial charge is 0.0616 e. The summed E-state index contributed by atoms with van der Waals surface area (Å²) in [5.74, 6) is 0. The molecule has 0 heterocycles. The molecule has 3 aromatic carbocycles. The molecule has 0 spiro atoms. The van der Waals surface area contributed by atoms with E-state index in [2.05, 4.69) is 82.7 Å². The molecule has 0 saturated heterocycles. The van der Waals surface area contributed by atoms with E-state index in [-0.39, 0.29) is 0 Å². The van der Waals surface area contributed by atoms with Crippen LogP contribution < -0.4 is 0 Å². The first-order valence-corrected chi connectivity index (χ1v) is 7.04. The van der Waals surface area contributed by atoms with E-state index >= 15 is 0 Å². The zero-order valence-corrected chi connectivity index (χ0v) is 12.0. The summed E-state index contributed by atoms with van der Waals surface area (Å²) >= 11 is 3.49. The quantitative estimate of drug-likeness (QED) is 0.527. The number of hydrogen-bond acceptors (Lipinski definition) is 0. The summed E-state index contributed by atoms with van der Waals surface area (Å²) in [5.41, 5.74) is 2.44. The van der Waals surface area contributed by atoms with Gasteiger partial charge in [-0.1, -0.05) is 82.7 Å². The van der Waals surface area contributed by atoms with Crippen molar-refractivity contribution in [2.75, 3.05) is 0 Å². The van der Waals surface area contributed by atoms with E-state index in [0.29, 0.717) is 0 Å². The molecule has 0 N–H and O–H groups in total. The van der Waals surface area contributed by atoms with Crippen LogP contribution in [-0.4, -0.2) is 0 Å². The van der Waals surface area contributed by atoms with Crippen molar-refractivity contribution in [2.45, 2.75) is 0 Å². The van der Waals surface area contributed by atoms with Crippen LogP contribution in [0.2, 0.25) is 0 Å². The number of halogens is 1. The van der Waals surface area contributed by atoms with Crippen molar-refractivity contribution in [3.05, 3.63) is 82.3 Å². The van der Waals surface area contributed by atoms with Gasteiger partial charge in [0.2, 0.25) is 0 Å². The van der Waals surface area contributed by atoms with Gasteiger partial charge in [0.1, 0.15) is 0 Å². The fourth-order valence-electron chi connectivity index (χ4n) is 2.19. The van der Waals surface area contributed by atoms with E-state index in [1.54, 1.807) is 0 Å². The summed E-state index contributed by atoms with van der Waals surface area (Å²) in [5, 5.41) is 2.56. The van der Waals surface area contributed by atoms with Crippen LogP contribution in [0.5, 0.6) is 0 Å². The van der Waals surface area contributed by atoms with Crippen molar-refractivity contribution in [2.24, 2.45) is 0 Å². The Morgan fingerprint density at radius 3 is 2.42 bits per heavy atom. The minimum Gasteiger partial charge on any atom is -0.0616 e. The summed E-state index contributed by atoms with van der Waals surface area (Å²) in [6.07, 6.45) is 4.32. The highest BCUT2D eigenvalue weighted by atomic mass is 79.9. The zero-order chi connectivity index (χ0) is 13.1.